The summed E-state index contributed by atoms with van der Waals surface area (Å²) in [6.07, 6.45) is 2.42. The molecule has 0 spiro atoms. The minimum Gasteiger partial charge on any atom is -0.310 e. The van der Waals surface area contributed by atoms with Gasteiger partial charge in [-0.1, -0.05) is 37.3 Å². The Balaban J connectivity index is 2.11. The van der Waals surface area contributed by atoms with Crippen LogP contribution in [0.15, 0.2) is 53.1 Å². The number of nitrogens with zero attached hydrogens (tertiary/aromatic N) is 1. The summed E-state index contributed by atoms with van der Waals surface area (Å²) in [6.45, 7) is 2.01. The number of nitrogens with one attached hydrogen (secondary N) is 1. The summed E-state index contributed by atoms with van der Waals surface area (Å²) in [6, 6.07) is 13.4. The van der Waals surface area contributed by atoms with E-state index in [1.807, 2.05) is 43.3 Å². The first kappa shape index (κ1) is 13.7. The monoisotopic (exact) mass is 318 g/mol. The molecule has 98 valence electrons. The highest BCUT2D eigenvalue weighted by molar-refractivity contribution is 9.10. The Bertz CT molecular complexity index is 540. The van der Waals surface area contributed by atoms with E-state index in [4.69, 9.17) is 0 Å². The third kappa shape index (κ3) is 3.64. The predicted octanol–water partition coefficient (Wildman–Crippen LogP) is 3.98. The standard InChI is InChI=1S/C15H15BrN2O/c1-2-13(11-6-4-3-5-7-11)15(19)18-14-9-8-12(16)10-17-14/h3-10,13H,2H2,1H3,(H,17,18,19). The molecule has 0 radical (unpaired) electrons. The maximum Gasteiger partial charge on any atom is 0.233 e. The molecule has 1 aromatic carbocycles. The first-order chi connectivity index (χ1) is 9.20. The van der Waals surface area contributed by atoms with Gasteiger partial charge in [0.1, 0.15) is 5.82 Å². The topological polar surface area (TPSA) is 42.0 Å². The van der Waals surface area contributed by atoms with E-state index in [1.54, 1.807) is 12.3 Å². The molecular weight excluding hydrogens is 304 g/mol. The third-order valence-corrected chi connectivity index (χ3v) is 3.37. The van der Waals surface area contributed by atoms with E-state index in [0.29, 0.717) is 5.82 Å². The number of amides is 1. The van der Waals surface area contributed by atoms with Crippen molar-refractivity contribution in [1.29, 1.82) is 0 Å². The van der Waals surface area contributed by atoms with Gasteiger partial charge in [-0.05, 0) is 40.0 Å². The highest BCUT2D eigenvalue weighted by Gasteiger charge is 2.18. The smallest absolute Gasteiger partial charge is 0.233 e. The predicted molar refractivity (Wildman–Crippen MR) is 80.0 cm³/mol. The molecular formula is C15H15BrN2O. The van der Waals surface area contributed by atoms with Crippen LogP contribution >= 0.6 is 15.9 Å². The molecule has 1 unspecified atom stereocenters. The summed E-state index contributed by atoms with van der Waals surface area (Å²) in [5.74, 6) is 0.401. The van der Waals surface area contributed by atoms with Crippen LogP contribution in [0.3, 0.4) is 0 Å². The van der Waals surface area contributed by atoms with Gasteiger partial charge >= 0.3 is 0 Å². The van der Waals surface area contributed by atoms with Crippen LogP contribution in [0, 0.1) is 0 Å². The van der Waals surface area contributed by atoms with Crippen molar-refractivity contribution in [2.45, 2.75) is 19.3 Å². The molecule has 0 aliphatic heterocycles. The Hall–Kier alpha value is -1.68. The molecule has 0 aliphatic carbocycles. The first-order valence-corrected chi connectivity index (χ1v) is 6.97. The molecule has 0 aliphatic rings. The van der Waals surface area contributed by atoms with Gasteiger partial charge in [0.15, 0.2) is 0 Å². The van der Waals surface area contributed by atoms with Crippen molar-refractivity contribution in [2.24, 2.45) is 0 Å². The third-order valence-electron chi connectivity index (χ3n) is 2.91. The fourth-order valence-corrected chi connectivity index (χ4v) is 2.16. The van der Waals surface area contributed by atoms with Gasteiger partial charge in [0, 0.05) is 10.7 Å². The van der Waals surface area contributed by atoms with E-state index in [9.17, 15) is 4.79 Å². The number of anilines is 1. The fourth-order valence-electron chi connectivity index (χ4n) is 1.92. The fraction of sp³-hybridized carbons (Fsp3) is 0.200. The van der Waals surface area contributed by atoms with Gasteiger partial charge in [-0.3, -0.25) is 4.79 Å². The maximum atomic E-state index is 12.3. The van der Waals surface area contributed by atoms with Crippen LogP contribution in [-0.4, -0.2) is 10.9 Å². The summed E-state index contributed by atoms with van der Waals surface area (Å²) in [4.78, 5) is 16.4. The minimum atomic E-state index is -0.147. The van der Waals surface area contributed by atoms with Gasteiger partial charge < -0.3 is 5.32 Å². The van der Waals surface area contributed by atoms with E-state index in [2.05, 4.69) is 26.2 Å². The Labute approximate surface area is 121 Å². The Kier molecular flexibility index (Phi) is 4.68. The van der Waals surface area contributed by atoms with Crippen molar-refractivity contribution >= 4 is 27.7 Å². The van der Waals surface area contributed by atoms with Gasteiger partial charge in [0.2, 0.25) is 5.91 Å². The summed E-state index contributed by atoms with van der Waals surface area (Å²) in [5, 5.41) is 2.85. The molecule has 1 heterocycles. The second-order valence-electron chi connectivity index (χ2n) is 4.22. The van der Waals surface area contributed by atoms with Crippen molar-refractivity contribution in [3.8, 4) is 0 Å². The van der Waals surface area contributed by atoms with E-state index < -0.39 is 0 Å². The highest BCUT2D eigenvalue weighted by atomic mass is 79.9. The lowest BCUT2D eigenvalue weighted by atomic mass is 9.96. The molecule has 1 aromatic heterocycles. The van der Waals surface area contributed by atoms with E-state index in [0.717, 1.165) is 16.5 Å². The number of benzene rings is 1. The minimum absolute atomic E-state index is 0.0245. The quantitative estimate of drug-likeness (QED) is 0.926. The lowest BCUT2D eigenvalue weighted by Crippen LogP contribution is -2.21. The number of rotatable bonds is 4. The number of hydrogen-bond donors (Lipinski definition) is 1. The van der Waals surface area contributed by atoms with Crippen LogP contribution < -0.4 is 5.32 Å². The van der Waals surface area contributed by atoms with Crippen molar-refractivity contribution in [3.05, 3.63) is 58.7 Å². The molecule has 2 aromatic rings. The molecule has 2 rings (SSSR count). The van der Waals surface area contributed by atoms with E-state index >= 15 is 0 Å². The van der Waals surface area contributed by atoms with Crippen LogP contribution in [0.2, 0.25) is 0 Å². The zero-order valence-corrected chi connectivity index (χ0v) is 12.2. The average molecular weight is 319 g/mol. The molecule has 4 heteroatoms. The first-order valence-electron chi connectivity index (χ1n) is 6.18. The largest absolute Gasteiger partial charge is 0.310 e. The number of halogens is 1. The molecule has 0 bridgehead atoms. The van der Waals surface area contributed by atoms with E-state index in [1.165, 1.54) is 0 Å². The number of pyridine rings is 1. The van der Waals surface area contributed by atoms with Gasteiger partial charge in [0.05, 0.1) is 5.92 Å². The Morgan fingerprint density at radius 3 is 2.58 bits per heavy atom. The molecule has 1 amide bonds. The summed E-state index contributed by atoms with van der Waals surface area (Å²) in [7, 11) is 0. The Morgan fingerprint density at radius 1 is 1.26 bits per heavy atom. The molecule has 1 N–H and O–H groups in total. The summed E-state index contributed by atoms with van der Waals surface area (Å²) < 4.78 is 0.889. The molecule has 0 saturated carbocycles. The van der Waals surface area contributed by atoms with Crippen molar-refractivity contribution in [1.82, 2.24) is 4.98 Å². The summed E-state index contributed by atoms with van der Waals surface area (Å²) in [5.41, 5.74) is 1.03. The summed E-state index contributed by atoms with van der Waals surface area (Å²) >= 11 is 3.32. The second kappa shape index (κ2) is 6.48. The number of aromatic nitrogens is 1. The lowest BCUT2D eigenvalue weighted by Gasteiger charge is -2.14. The van der Waals surface area contributed by atoms with Crippen molar-refractivity contribution < 1.29 is 4.79 Å². The molecule has 19 heavy (non-hydrogen) atoms. The maximum absolute atomic E-state index is 12.3. The second-order valence-corrected chi connectivity index (χ2v) is 5.14. The zero-order valence-electron chi connectivity index (χ0n) is 10.6. The van der Waals surface area contributed by atoms with Gasteiger partial charge in [0.25, 0.3) is 0 Å². The molecule has 3 nitrogen and oxygen atoms in total. The van der Waals surface area contributed by atoms with Crippen LogP contribution in [0.25, 0.3) is 0 Å². The highest BCUT2D eigenvalue weighted by Crippen LogP contribution is 2.21. The Morgan fingerprint density at radius 2 is 2.00 bits per heavy atom. The van der Waals surface area contributed by atoms with Crippen molar-refractivity contribution in [3.63, 3.8) is 0 Å². The van der Waals surface area contributed by atoms with Gasteiger partial charge in [-0.25, -0.2) is 4.98 Å². The van der Waals surface area contributed by atoms with Crippen molar-refractivity contribution in [2.75, 3.05) is 5.32 Å². The van der Waals surface area contributed by atoms with E-state index in [-0.39, 0.29) is 11.8 Å². The van der Waals surface area contributed by atoms with Crippen LogP contribution in [0.5, 0.6) is 0 Å². The normalized spacial score (nSPS) is 11.9. The lowest BCUT2D eigenvalue weighted by molar-refractivity contribution is -0.117. The zero-order chi connectivity index (χ0) is 13.7. The van der Waals surface area contributed by atoms with Gasteiger partial charge in [-0.15, -0.1) is 0 Å². The number of carbonyl (C=O) groups excluding carboxylic acids is 1. The van der Waals surface area contributed by atoms with Gasteiger partial charge in [-0.2, -0.15) is 0 Å². The van der Waals surface area contributed by atoms with Crippen LogP contribution in [0.1, 0.15) is 24.8 Å². The SMILES string of the molecule is CCC(C(=O)Nc1ccc(Br)cn1)c1ccccc1. The molecule has 1 atom stereocenters. The number of carbonyl (C=O) groups is 1. The van der Waals surface area contributed by atoms with Crippen LogP contribution in [-0.2, 0) is 4.79 Å². The average Bonchev–Trinajstić information content (AvgIpc) is 2.43. The molecule has 0 fully saturated rings. The van der Waals surface area contributed by atoms with Crippen LogP contribution in [0.4, 0.5) is 5.82 Å². The molecule has 0 saturated heterocycles. The number of hydrogen-bond acceptors (Lipinski definition) is 2.